The van der Waals surface area contributed by atoms with Gasteiger partial charge in [0.1, 0.15) is 6.67 Å². The molecule has 1 aromatic carbocycles. The van der Waals surface area contributed by atoms with Crippen LogP contribution in [0.5, 0.6) is 0 Å². The molecule has 0 N–H and O–H groups in total. The fourth-order valence-corrected chi connectivity index (χ4v) is 3.21. The number of hydrogen-bond acceptors (Lipinski definition) is 6. The van der Waals surface area contributed by atoms with Crippen molar-refractivity contribution in [3.8, 4) is 0 Å². The third kappa shape index (κ3) is 3.20. The topological polar surface area (TPSA) is 43.7 Å². The van der Waals surface area contributed by atoms with Crippen LogP contribution in [-0.2, 0) is 4.74 Å². The zero-order chi connectivity index (χ0) is 15.6. The van der Waals surface area contributed by atoms with Gasteiger partial charge in [0, 0.05) is 37.6 Å². The highest BCUT2D eigenvalue weighted by molar-refractivity contribution is 6.65. The molecule has 0 amide bonds. The summed E-state index contributed by atoms with van der Waals surface area (Å²) < 4.78 is 5.29. The normalized spacial score (nSPS) is 22.9. The van der Waals surface area contributed by atoms with Crippen LogP contribution in [-0.4, -0.2) is 68.6 Å². The summed E-state index contributed by atoms with van der Waals surface area (Å²) in [6.07, 6.45) is 1.73. The molecule has 23 heavy (non-hydrogen) atoms. The second-order valence-corrected chi connectivity index (χ2v) is 6.35. The molecule has 0 aliphatic carbocycles. The summed E-state index contributed by atoms with van der Waals surface area (Å²) in [6.45, 7) is 6.69. The van der Waals surface area contributed by atoms with Crippen LogP contribution in [0.4, 0.5) is 11.4 Å². The molecule has 0 spiro atoms. The third-order valence-electron chi connectivity index (χ3n) is 4.65. The second kappa shape index (κ2) is 6.47. The molecule has 0 unspecified atom stereocenters. The maximum absolute atomic E-state index is 5.75. The first-order chi connectivity index (χ1) is 11.3. The minimum absolute atomic E-state index is 0.313. The molecular weight excluding hydrogens is 314 g/mol. The number of ether oxygens (including phenoxy) is 1. The summed E-state index contributed by atoms with van der Waals surface area (Å²) in [5.74, 6) is 0. The Morgan fingerprint density at radius 3 is 2.26 bits per heavy atom. The molecule has 0 bridgehead atoms. The first-order valence-corrected chi connectivity index (χ1v) is 8.35. The minimum Gasteiger partial charge on any atom is -0.378 e. The molecule has 0 aromatic heterocycles. The van der Waals surface area contributed by atoms with Gasteiger partial charge >= 0.3 is 0 Å². The highest BCUT2D eigenvalue weighted by Gasteiger charge is 2.28. The van der Waals surface area contributed by atoms with Crippen LogP contribution >= 0.6 is 11.6 Å². The predicted octanol–water partition coefficient (Wildman–Crippen LogP) is 1.61. The Hall–Kier alpha value is -1.63. The van der Waals surface area contributed by atoms with E-state index >= 15 is 0 Å². The lowest BCUT2D eigenvalue weighted by molar-refractivity contribution is -0.0660. The average Bonchev–Trinajstić information content (AvgIpc) is 2.55. The minimum atomic E-state index is 0.313. The number of hydrogen-bond donors (Lipinski definition) is 0. The number of aliphatic imine (C=N–C) groups is 2. The van der Waals surface area contributed by atoms with Crippen molar-refractivity contribution < 1.29 is 4.74 Å². The van der Waals surface area contributed by atoms with Gasteiger partial charge in [0.15, 0.2) is 0 Å². The van der Waals surface area contributed by atoms with E-state index < -0.39 is 0 Å². The molecule has 4 rings (SSSR count). The summed E-state index contributed by atoms with van der Waals surface area (Å²) in [7, 11) is 0. The summed E-state index contributed by atoms with van der Waals surface area (Å²) >= 11 is 5.75. The van der Waals surface area contributed by atoms with Crippen molar-refractivity contribution in [2.24, 2.45) is 9.98 Å². The summed E-state index contributed by atoms with van der Waals surface area (Å²) in [4.78, 5) is 15.1. The molecular formula is C16H20ClN5O. The Morgan fingerprint density at radius 1 is 1.00 bits per heavy atom. The number of anilines is 2. The molecule has 0 radical (unpaired) electrons. The number of benzene rings is 1. The molecule has 122 valence electrons. The lowest BCUT2D eigenvalue weighted by atomic mass is 10.1. The highest BCUT2D eigenvalue weighted by atomic mass is 35.5. The van der Waals surface area contributed by atoms with Crippen LogP contribution < -0.4 is 9.80 Å². The van der Waals surface area contributed by atoms with Gasteiger partial charge < -0.3 is 14.5 Å². The van der Waals surface area contributed by atoms with Gasteiger partial charge in [-0.1, -0.05) is 0 Å². The molecule has 1 aromatic rings. The van der Waals surface area contributed by atoms with Crippen LogP contribution in [0.25, 0.3) is 0 Å². The van der Waals surface area contributed by atoms with Crippen molar-refractivity contribution in [2.75, 3.05) is 55.9 Å². The van der Waals surface area contributed by atoms with E-state index in [1.54, 1.807) is 6.34 Å². The van der Waals surface area contributed by atoms with Crippen molar-refractivity contribution in [1.82, 2.24) is 4.90 Å². The number of piperazine rings is 1. The molecule has 3 aliphatic heterocycles. The van der Waals surface area contributed by atoms with Crippen LogP contribution in [0.1, 0.15) is 0 Å². The first kappa shape index (κ1) is 14.9. The van der Waals surface area contributed by atoms with Crippen molar-refractivity contribution >= 4 is 34.6 Å². The lowest BCUT2D eigenvalue weighted by Gasteiger charge is -2.43. The van der Waals surface area contributed by atoms with Crippen molar-refractivity contribution in [2.45, 2.75) is 6.04 Å². The first-order valence-electron chi connectivity index (χ1n) is 7.97. The molecule has 6 nitrogen and oxygen atoms in total. The molecule has 0 saturated carbocycles. The zero-order valence-electron chi connectivity index (χ0n) is 12.9. The Balaban J connectivity index is 1.36. The third-order valence-corrected chi connectivity index (χ3v) is 4.87. The Morgan fingerprint density at radius 2 is 1.70 bits per heavy atom. The van der Waals surface area contributed by atoms with Crippen molar-refractivity contribution in [3.05, 3.63) is 24.3 Å². The molecule has 3 heterocycles. The van der Waals surface area contributed by atoms with Gasteiger partial charge in [0.25, 0.3) is 0 Å². The van der Waals surface area contributed by atoms with Crippen LogP contribution in [0.2, 0.25) is 0 Å². The second-order valence-electron chi connectivity index (χ2n) is 6.01. The smallest absolute Gasteiger partial charge is 0.220 e. The van der Waals surface area contributed by atoms with Gasteiger partial charge in [-0.05, 0) is 35.9 Å². The van der Waals surface area contributed by atoms with Crippen LogP contribution in [0, 0.1) is 0 Å². The van der Waals surface area contributed by atoms with Gasteiger partial charge in [0.2, 0.25) is 5.29 Å². The molecule has 2 fully saturated rings. The number of amidine groups is 1. The lowest BCUT2D eigenvalue weighted by Crippen LogP contribution is -2.56. The van der Waals surface area contributed by atoms with Gasteiger partial charge in [0.05, 0.1) is 25.6 Å². The van der Waals surface area contributed by atoms with Gasteiger partial charge in [-0.2, -0.15) is 0 Å². The summed E-state index contributed by atoms with van der Waals surface area (Å²) in [5, 5.41) is 0.313. The van der Waals surface area contributed by atoms with Crippen molar-refractivity contribution in [3.63, 3.8) is 0 Å². The molecule has 3 aliphatic rings. The van der Waals surface area contributed by atoms with E-state index in [9.17, 15) is 0 Å². The maximum Gasteiger partial charge on any atom is 0.220 e. The largest absolute Gasteiger partial charge is 0.378 e. The Labute approximate surface area is 141 Å². The Kier molecular flexibility index (Phi) is 4.20. The van der Waals surface area contributed by atoms with Gasteiger partial charge in [-0.25, -0.2) is 9.98 Å². The van der Waals surface area contributed by atoms with Gasteiger partial charge in [-0.3, -0.25) is 4.90 Å². The summed E-state index contributed by atoms with van der Waals surface area (Å²) in [6, 6.07) is 9.21. The number of halogens is 1. The van der Waals surface area contributed by atoms with E-state index in [-0.39, 0.29) is 0 Å². The van der Waals surface area contributed by atoms with E-state index in [4.69, 9.17) is 16.3 Å². The average molecular weight is 334 g/mol. The van der Waals surface area contributed by atoms with E-state index in [1.165, 1.54) is 5.69 Å². The van der Waals surface area contributed by atoms with Crippen LogP contribution in [0.3, 0.4) is 0 Å². The van der Waals surface area contributed by atoms with E-state index in [2.05, 4.69) is 44.1 Å². The highest BCUT2D eigenvalue weighted by Crippen LogP contribution is 2.23. The molecule has 7 heteroatoms. The summed E-state index contributed by atoms with van der Waals surface area (Å²) in [5.41, 5.74) is 2.35. The zero-order valence-corrected chi connectivity index (χ0v) is 13.7. The van der Waals surface area contributed by atoms with E-state index in [0.717, 1.165) is 45.1 Å². The van der Waals surface area contributed by atoms with E-state index in [0.29, 0.717) is 18.0 Å². The predicted molar refractivity (Wildman–Crippen MR) is 94.0 cm³/mol. The van der Waals surface area contributed by atoms with Crippen LogP contribution in [0.15, 0.2) is 34.3 Å². The van der Waals surface area contributed by atoms with E-state index in [1.807, 2.05) is 4.90 Å². The number of nitrogens with zero attached hydrogens (tertiary/aromatic N) is 5. The quantitative estimate of drug-likeness (QED) is 0.788. The molecule has 0 atom stereocenters. The maximum atomic E-state index is 5.75. The number of rotatable bonds is 3. The standard InChI is InChI=1S/C16H20ClN5O/c17-16-18-11-22(12-19-16)14-3-1-13(2-4-14)20-5-7-21(8-6-20)15-9-23-10-15/h1-4,11,15H,5-10,12H2. The SMILES string of the molecule is ClC1=NCN(c2ccc(N3CCN(C4COC4)CC3)cc2)C=N1. The fraction of sp³-hybridized carbons (Fsp3) is 0.500. The van der Waals surface area contributed by atoms with Crippen molar-refractivity contribution in [1.29, 1.82) is 0 Å². The monoisotopic (exact) mass is 333 g/mol. The van der Waals surface area contributed by atoms with Gasteiger partial charge in [-0.15, -0.1) is 0 Å². The molecule has 2 saturated heterocycles. The fourth-order valence-electron chi connectivity index (χ4n) is 3.11. The Bertz CT molecular complexity index is 605.